The molecule has 130 valence electrons. The molecule has 8 heteroatoms. The molecule has 1 aromatic carbocycles. The van der Waals surface area contributed by atoms with Gasteiger partial charge >= 0.3 is 0 Å². The molecule has 0 saturated heterocycles. The van der Waals surface area contributed by atoms with Crippen molar-refractivity contribution in [3.05, 3.63) is 51.4 Å². The quantitative estimate of drug-likeness (QED) is 0.373. The molecular formula is C17H18ClN5O2. The summed E-state index contributed by atoms with van der Waals surface area (Å²) in [5.74, 6) is 4.74. The van der Waals surface area contributed by atoms with Crippen molar-refractivity contribution in [1.82, 2.24) is 4.57 Å². The number of primary amides is 1. The largest absolute Gasteiger partial charge is 0.368 e. The highest BCUT2D eigenvalue weighted by Gasteiger charge is 2.28. The average Bonchev–Trinajstić information content (AvgIpc) is 2.99. The molecule has 2 aromatic rings. The van der Waals surface area contributed by atoms with Crippen LogP contribution in [0.4, 0.5) is 5.69 Å². The maximum atomic E-state index is 12.6. The lowest BCUT2D eigenvalue weighted by Crippen LogP contribution is -2.31. The monoisotopic (exact) mass is 359 g/mol. The van der Waals surface area contributed by atoms with Crippen LogP contribution in [0.1, 0.15) is 18.2 Å². The van der Waals surface area contributed by atoms with Crippen LogP contribution in [0, 0.1) is 0 Å². The van der Waals surface area contributed by atoms with E-state index in [4.69, 9.17) is 23.2 Å². The lowest BCUT2D eigenvalue weighted by molar-refractivity contribution is -0.121. The number of nitrogens with two attached hydrogens (primary N) is 2. The summed E-state index contributed by atoms with van der Waals surface area (Å²) in [6.07, 6.45) is 2.62. The summed E-state index contributed by atoms with van der Waals surface area (Å²) in [7, 11) is 1.80. The van der Waals surface area contributed by atoms with E-state index in [-0.39, 0.29) is 5.56 Å². The Kier molecular flexibility index (Phi) is 4.50. The predicted octanol–water partition coefficient (Wildman–Crippen LogP) is 1.48. The van der Waals surface area contributed by atoms with E-state index in [2.05, 4.69) is 5.10 Å². The molecule has 0 bridgehead atoms. The summed E-state index contributed by atoms with van der Waals surface area (Å²) in [6.45, 7) is 0. The number of halogens is 1. The molecule has 7 nitrogen and oxygen atoms in total. The van der Waals surface area contributed by atoms with Gasteiger partial charge in [-0.1, -0.05) is 11.6 Å². The van der Waals surface area contributed by atoms with Gasteiger partial charge in [0, 0.05) is 35.1 Å². The molecule has 0 spiro atoms. The van der Waals surface area contributed by atoms with Crippen LogP contribution in [-0.2, 0) is 11.2 Å². The number of anilines is 1. The number of rotatable bonds is 4. The Morgan fingerprint density at radius 1 is 1.40 bits per heavy atom. The summed E-state index contributed by atoms with van der Waals surface area (Å²) in [5.41, 5.74) is 8.22. The molecule has 1 atom stereocenters. The summed E-state index contributed by atoms with van der Waals surface area (Å²) in [5, 5.41) is 4.07. The molecule has 1 aliphatic rings. The molecule has 1 aliphatic heterocycles. The van der Waals surface area contributed by atoms with Crippen molar-refractivity contribution >= 4 is 29.5 Å². The van der Waals surface area contributed by atoms with Crippen molar-refractivity contribution in [2.24, 2.45) is 16.7 Å². The third kappa shape index (κ3) is 3.10. The smallest absolute Gasteiger partial charge is 0.252 e. The van der Waals surface area contributed by atoms with Crippen molar-refractivity contribution in [3.63, 3.8) is 0 Å². The van der Waals surface area contributed by atoms with Gasteiger partial charge in [-0.15, -0.1) is 0 Å². The number of nitrogens with zero attached hydrogens (tertiary/aromatic N) is 3. The Morgan fingerprint density at radius 2 is 2.16 bits per heavy atom. The van der Waals surface area contributed by atoms with E-state index < -0.39 is 11.9 Å². The van der Waals surface area contributed by atoms with E-state index in [9.17, 15) is 9.59 Å². The molecule has 1 unspecified atom stereocenters. The van der Waals surface area contributed by atoms with E-state index in [0.717, 1.165) is 22.5 Å². The van der Waals surface area contributed by atoms with Gasteiger partial charge in [-0.3, -0.25) is 9.59 Å². The molecule has 4 N–H and O–H groups in total. The minimum absolute atomic E-state index is 0.255. The van der Waals surface area contributed by atoms with Crippen LogP contribution in [0.5, 0.6) is 0 Å². The highest BCUT2D eigenvalue weighted by molar-refractivity contribution is 6.31. The molecule has 1 amide bonds. The number of pyridine rings is 1. The van der Waals surface area contributed by atoms with E-state index >= 15 is 0 Å². The standard InChI is InChI=1S/C17H18ClN5O2/c1-22(9-21-20)14-4-2-11(18)8-13(14)10-6-12-3-5-15(17(19)25)23(12)16(24)7-10/h2,4,6-9,15H,3,5,20H2,1H3,(H2,19,25)/b21-9-. The van der Waals surface area contributed by atoms with E-state index in [1.807, 2.05) is 12.1 Å². The van der Waals surface area contributed by atoms with Gasteiger partial charge < -0.3 is 21.0 Å². The number of hydrazone groups is 1. The van der Waals surface area contributed by atoms with E-state index in [1.165, 1.54) is 17.0 Å². The number of aromatic nitrogens is 1. The van der Waals surface area contributed by atoms with Gasteiger partial charge in [-0.05, 0) is 42.7 Å². The number of aryl methyl sites for hydroxylation is 1. The summed E-state index contributed by atoms with van der Waals surface area (Å²) in [6, 6.07) is 8.17. The number of carbonyl (C=O) groups is 1. The van der Waals surface area contributed by atoms with Gasteiger partial charge in [-0.2, -0.15) is 5.10 Å². The van der Waals surface area contributed by atoms with Crippen molar-refractivity contribution in [3.8, 4) is 11.1 Å². The molecular weight excluding hydrogens is 342 g/mol. The second-order valence-electron chi connectivity index (χ2n) is 5.94. The van der Waals surface area contributed by atoms with Crippen LogP contribution in [0.25, 0.3) is 11.1 Å². The molecule has 0 saturated carbocycles. The maximum Gasteiger partial charge on any atom is 0.252 e. The Morgan fingerprint density at radius 3 is 2.84 bits per heavy atom. The van der Waals surface area contributed by atoms with Crippen LogP contribution >= 0.6 is 11.6 Å². The Labute approximate surface area is 149 Å². The second-order valence-corrected chi connectivity index (χ2v) is 6.37. The topological polar surface area (TPSA) is 107 Å². The maximum absolute atomic E-state index is 12.6. The zero-order chi connectivity index (χ0) is 18.1. The number of hydrogen-bond acceptors (Lipinski definition) is 4. The molecule has 0 aliphatic carbocycles. The second kappa shape index (κ2) is 6.60. The van der Waals surface area contributed by atoms with Crippen molar-refractivity contribution in [2.75, 3.05) is 11.9 Å². The van der Waals surface area contributed by atoms with Crippen molar-refractivity contribution < 1.29 is 4.79 Å². The molecule has 0 fully saturated rings. The van der Waals surface area contributed by atoms with Gasteiger partial charge in [0.2, 0.25) is 5.91 Å². The fourth-order valence-electron chi connectivity index (χ4n) is 3.23. The summed E-state index contributed by atoms with van der Waals surface area (Å²) < 4.78 is 1.47. The lowest BCUT2D eigenvalue weighted by Gasteiger charge is -2.19. The number of benzene rings is 1. The van der Waals surface area contributed by atoms with Crippen LogP contribution in [-0.4, -0.2) is 23.9 Å². The van der Waals surface area contributed by atoms with Gasteiger partial charge in [0.05, 0.1) is 0 Å². The van der Waals surface area contributed by atoms with Crippen LogP contribution in [0.3, 0.4) is 0 Å². The third-order valence-electron chi connectivity index (χ3n) is 4.35. The normalized spacial score (nSPS) is 16.2. The van der Waals surface area contributed by atoms with Crippen LogP contribution in [0.2, 0.25) is 5.02 Å². The number of carbonyl (C=O) groups excluding carboxylic acids is 1. The fraction of sp³-hybridized carbons (Fsp3) is 0.235. The molecule has 25 heavy (non-hydrogen) atoms. The first-order chi connectivity index (χ1) is 11.9. The third-order valence-corrected chi connectivity index (χ3v) is 4.59. The Hall–Kier alpha value is -2.80. The molecule has 0 radical (unpaired) electrons. The van der Waals surface area contributed by atoms with Crippen LogP contribution < -0.4 is 22.0 Å². The van der Waals surface area contributed by atoms with E-state index in [1.54, 1.807) is 24.1 Å². The number of amides is 1. The van der Waals surface area contributed by atoms with Gasteiger partial charge in [0.25, 0.3) is 5.56 Å². The zero-order valence-electron chi connectivity index (χ0n) is 13.6. The number of hydrogen-bond donors (Lipinski definition) is 2. The van der Waals surface area contributed by atoms with Crippen molar-refractivity contribution in [2.45, 2.75) is 18.9 Å². The molecule has 1 aromatic heterocycles. The van der Waals surface area contributed by atoms with E-state index in [0.29, 0.717) is 17.9 Å². The van der Waals surface area contributed by atoms with Crippen LogP contribution in [0.15, 0.2) is 40.2 Å². The first kappa shape index (κ1) is 17.0. The first-order valence-corrected chi connectivity index (χ1v) is 8.11. The summed E-state index contributed by atoms with van der Waals surface area (Å²) >= 11 is 6.15. The molecule has 2 heterocycles. The lowest BCUT2D eigenvalue weighted by atomic mass is 10.0. The van der Waals surface area contributed by atoms with Gasteiger partial charge in [-0.25, -0.2) is 0 Å². The highest BCUT2D eigenvalue weighted by Crippen LogP contribution is 2.34. The zero-order valence-corrected chi connectivity index (χ0v) is 14.4. The van der Waals surface area contributed by atoms with Gasteiger partial charge in [0.15, 0.2) is 0 Å². The fourth-order valence-corrected chi connectivity index (χ4v) is 3.40. The van der Waals surface area contributed by atoms with Gasteiger partial charge in [0.1, 0.15) is 12.4 Å². The highest BCUT2D eigenvalue weighted by atomic mass is 35.5. The first-order valence-electron chi connectivity index (χ1n) is 7.73. The Bertz CT molecular complexity index is 922. The average molecular weight is 360 g/mol. The number of fused-ring (bicyclic) bond motifs is 1. The minimum Gasteiger partial charge on any atom is -0.368 e. The SMILES string of the molecule is CN(/C=N\N)c1ccc(Cl)cc1-c1cc2n(c(=O)c1)C(C(N)=O)CC2. The minimum atomic E-state index is -0.581. The Balaban J connectivity index is 2.16. The summed E-state index contributed by atoms with van der Waals surface area (Å²) in [4.78, 5) is 25.9. The predicted molar refractivity (Wildman–Crippen MR) is 98.8 cm³/mol. The van der Waals surface area contributed by atoms with Crippen molar-refractivity contribution in [1.29, 1.82) is 0 Å². The molecule has 3 rings (SSSR count).